The minimum Gasteiger partial charge on any atom is -0.388 e. The third-order valence-electron chi connectivity index (χ3n) is 1.69. The van der Waals surface area contributed by atoms with E-state index in [0.717, 1.165) is 10.3 Å². The van der Waals surface area contributed by atoms with Gasteiger partial charge in [-0.2, -0.15) is 0 Å². The summed E-state index contributed by atoms with van der Waals surface area (Å²) < 4.78 is 2.81. The van der Waals surface area contributed by atoms with Gasteiger partial charge in [0, 0.05) is 6.20 Å². The summed E-state index contributed by atoms with van der Waals surface area (Å²) in [6.45, 7) is 0. The molecule has 0 amide bonds. The van der Waals surface area contributed by atoms with Crippen molar-refractivity contribution in [3.8, 4) is 0 Å². The molecule has 0 spiro atoms. The van der Waals surface area contributed by atoms with Gasteiger partial charge in [-0.1, -0.05) is 18.3 Å². The van der Waals surface area contributed by atoms with Gasteiger partial charge >= 0.3 is 0 Å². The van der Waals surface area contributed by atoms with Gasteiger partial charge in [-0.25, -0.2) is 4.98 Å². The highest BCUT2D eigenvalue weighted by Crippen LogP contribution is 2.13. The summed E-state index contributed by atoms with van der Waals surface area (Å²) in [6, 6.07) is 5.74. The van der Waals surface area contributed by atoms with E-state index in [2.05, 4.69) is 20.9 Å². The minimum absolute atomic E-state index is 0.315. The number of halogens is 1. The Morgan fingerprint density at radius 2 is 2.31 bits per heavy atom. The van der Waals surface area contributed by atoms with E-state index in [4.69, 9.17) is 18.0 Å². The van der Waals surface area contributed by atoms with Crippen molar-refractivity contribution in [2.24, 2.45) is 5.73 Å². The van der Waals surface area contributed by atoms with E-state index in [1.807, 2.05) is 28.8 Å². The van der Waals surface area contributed by atoms with Gasteiger partial charge in [-0.15, -0.1) is 0 Å². The van der Waals surface area contributed by atoms with Crippen LogP contribution in [-0.2, 0) is 0 Å². The number of nitrogens with zero attached hydrogens (tertiary/aromatic N) is 2. The smallest absolute Gasteiger partial charge is 0.138 e. The second-order valence-electron chi connectivity index (χ2n) is 2.57. The molecule has 0 aromatic carbocycles. The van der Waals surface area contributed by atoms with Gasteiger partial charge in [0.25, 0.3) is 0 Å². The van der Waals surface area contributed by atoms with Crippen molar-refractivity contribution in [2.45, 2.75) is 0 Å². The zero-order valence-electron chi connectivity index (χ0n) is 6.57. The van der Waals surface area contributed by atoms with Crippen LogP contribution in [0.25, 0.3) is 5.65 Å². The molecule has 2 N–H and O–H groups in total. The topological polar surface area (TPSA) is 43.3 Å². The molecular weight excluding hydrogens is 250 g/mol. The molecule has 2 heterocycles. The molecule has 13 heavy (non-hydrogen) atoms. The number of aromatic nitrogens is 2. The second kappa shape index (κ2) is 3.08. The average Bonchev–Trinajstić information content (AvgIpc) is 2.49. The number of fused-ring (bicyclic) bond motifs is 1. The maximum Gasteiger partial charge on any atom is 0.138 e. The van der Waals surface area contributed by atoms with E-state index in [1.165, 1.54) is 0 Å². The number of hydrogen-bond acceptors (Lipinski definition) is 2. The third-order valence-corrected chi connectivity index (χ3v) is 2.55. The van der Waals surface area contributed by atoms with Crippen molar-refractivity contribution in [3.63, 3.8) is 0 Å². The summed E-state index contributed by atoms with van der Waals surface area (Å²) in [5.41, 5.74) is 6.94. The fourth-order valence-corrected chi connectivity index (χ4v) is 1.63. The van der Waals surface area contributed by atoms with E-state index >= 15 is 0 Å². The van der Waals surface area contributed by atoms with Crippen LogP contribution in [0.1, 0.15) is 5.69 Å². The lowest BCUT2D eigenvalue weighted by molar-refractivity contribution is 1.14. The molecule has 66 valence electrons. The molecule has 2 aromatic rings. The molecular formula is C8H6BrN3S. The van der Waals surface area contributed by atoms with Crippen molar-refractivity contribution in [1.29, 1.82) is 0 Å². The predicted octanol–water partition coefficient (Wildman–Crippen LogP) is 1.73. The van der Waals surface area contributed by atoms with Crippen LogP contribution in [0.15, 0.2) is 29.0 Å². The summed E-state index contributed by atoms with van der Waals surface area (Å²) in [7, 11) is 0. The zero-order chi connectivity index (χ0) is 9.42. The quantitative estimate of drug-likeness (QED) is 0.624. The average molecular weight is 256 g/mol. The van der Waals surface area contributed by atoms with E-state index in [0.29, 0.717) is 10.7 Å². The number of hydrogen-bond donors (Lipinski definition) is 1. The number of rotatable bonds is 1. The first-order valence-corrected chi connectivity index (χ1v) is 4.82. The van der Waals surface area contributed by atoms with Crippen LogP contribution >= 0.6 is 28.1 Å². The van der Waals surface area contributed by atoms with Gasteiger partial charge in [0.1, 0.15) is 16.3 Å². The highest BCUT2D eigenvalue weighted by molar-refractivity contribution is 9.10. The van der Waals surface area contributed by atoms with Crippen LogP contribution in [0.4, 0.5) is 0 Å². The first-order chi connectivity index (χ1) is 6.18. The summed E-state index contributed by atoms with van der Waals surface area (Å²) in [5.74, 6) is 0. The van der Waals surface area contributed by atoms with Gasteiger partial charge in [0.05, 0.1) is 4.60 Å². The maximum atomic E-state index is 5.47. The van der Waals surface area contributed by atoms with Crippen molar-refractivity contribution in [1.82, 2.24) is 9.38 Å². The van der Waals surface area contributed by atoms with Crippen molar-refractivity contribution in [3.05, 3.63) is 34.7 Å². The van der Waals surface area contributed by atoms with E-state index in [1.54, 1.807) is 0 Å². The standard InChI is InChI=1S/C8H6BrN3S/c9-6-2-1-3-7-11-5(8(10)13)4-12(6)7/h1-4H,(H2,10,13). The molecule has 0 saturated carbocycles. The van der Waals surface area contributed by atoms with Gasteiger partial charge in [0.15, 0.2) is 0 Å². The SMILES string of the molecule is NC(=S)c1cn2c(Br)cccc2n1. The molecule has 0 bridgehead atoms. The summed E-state index contributed by atoms with van der Waals surface area (Å²) in [6.07, 6.45) is 1.81. The summed E-state index contributed by atoms with van der Waals surface area (Å²) >= 11 is 8.23. The Balaban J connectivity index is 2.75. The molecule has 3 nitrogen and oxygen atoms in total. The van der Waals surface area contributed by atoms with E-state index < -0.39 is 0 Å². The summed E-state index contributed by atoms with van der Waals surface area (Å²) in [5, 5.41) is 0. The zero-order valence-corrected chi connectivity index (χ0v) is 8.97. The number of imidazole rings is 1. The van der Waals surface area contributed by atoms with E-state index in [-0.39, 0.29) is 0 Å². The Morgan fingerprint density at radius 3 is 2.92 bits per heavy atom. The molecule has 0 radical (unpaired) electrons. The number of thiocarbonyl (C=S) groups is 1. The largest absolute Gasteiger partial charge is 0.388 e. The summed E-state index contributed by atoms with van der Waals surface area (Å²) in [4.78, 5) is 4.56. The van der Waals surface area contributed by atoms with Crippen molar-refractivity contribution in [2.75, 3.05) is 0 Å². The first kappa shape index (κ1) is 8.65. The van der Waals surface area contributed by atoms with Crippen LogP contribution in [0.3, 0.4) is 0 Å². The molecule has 0 fully saturated rings. The van der Waals surface area contributed by atoms with Gasteiger partial charge in [0.2, 0.25) is 0 Å². The van der Waals surface area contributed by atoms with E-state index in [9.17, 15) is 0 Å². The first-order valence-electron chi connectivity index (χ1n) is 3.62. The van der Waals surface area contributed by atoms with Crippen LogP contribution in [0, 0.1) is 0 Å². The van der Waals surface area contributed by atoms with Gasteiger partial charge in [-0.05, 0) is 28.1 Å². The van der Waals surface area contributed by atoms with Gasteiger partial charge in [-0.3, -0.25) is 4.40 Å². The highest BCUT2D eigenvalue weighted by atomic mass is 79.9. The fraction of sp³-hybridized carbons (Fsp3) is 0. The Hall–Kier alpha value is -0.940. The van der Waals surface area contributed by atoms with Gasteiger partial charge < -0.3 is 5.73 Å². The molecule has 0 aliphatic carbocycles. The lowest BCUT2D eigenvalue weighted by Crippen LogP contribution is -2.09. The monoisotopic (exact) mass is 255 g/mol. The highest BCUT2D eigenvalue weighted by Gasteiger charge is 2.04. The van der Waals surface area contributed by atoms with Crippen molar-refractivity contribution >= 4 is 38.8 Å². The van der Waals surface area contributed by atoms with Crippen LogP contribution < -0.4 is 5.73 Å². The molecule has 5 heteroatoms. The molecule has 0 saturated heterocycles. The molecule has 2 rings (SSSR count). The third kappa shape index (κ3) is 1.45. The number of nitrogens with two attached hydrogens (primary N) is 1. The van der Waals surface area contributed by atoms with Crippen molar-refractivity contribution < 1.29 is 0 Å². The maximum absolute atomic E-state index is 5.47. The molecule has 0 atom stereocenters. The fourth-order valence-electron chi connectivity index (χ4n) is 1.10. The lowest BCUT2D eigenvalue weighted by Gasteiger charge is -1.93. The Morgan fingerprint density at radius 1 is 1.54 bits per heavy atom. The molecule has 0 aliphatic heterocycles. The second-order valence-corrected chi connectivity index (χ2v) is 3.82. The normalized spacial score (nSPS) is 10.5. The Kier molecular flexibility index (Phi) is 2.05. The molecule has 0 aliphatic rings. The minimum atomic E-state index is 0.315. The molecule has 0 unspecified atom stereocenters. The predicted molar refractivity (Wildman–Crippen MR) is 58.8 cm³/mol. The Bertz CT molecular complexity index is 477. The number of pyridine rings is 1. The lowest BCUT2D eigenvalue weighted by atomic mass is 10.5. The van der Waals surface area contributed by atoms with Crippen LogP contribution in [0.2, 0.25) is 0 Å². The molecule has 2 aromatic heterocycles. The van der Waals surface area contributed by atoms with Crippen LogP contribution in [-0.4, -0.2) is 14.4 Å². The van der Waals surface area contributed by atoms with Crippen LogP contribution in [0.5, 0.6) is 0 Å². The Labute approximate surface area is 88.7 Å².